The molecule has 0 amide bonds. The Morgan fingerprint density at radius 2 is 1.70 bits per heavy atom. The monoisotopic (exact) mass is 326 g/mol. The fraction of sp³-hybridized carbons (Fsp3) is 0.294. The summed E-state index contributed by atoms with van der Waals surface area (Å²) in [7, 11) is 0. The molecular weight excluding hydrogens is 309 g/mol. The van der Waals surface area contributed by atoms with Gasteiger partial charge in [0.2, 0.25) is 0 Å². The van der Waals surface area contributed by atoms with Crippen molar-refractivity contribution in [1.82, 2.24) is 0 Å². The van der Waals surface area contributed by atoms with Crippen LogP contribution in [0.2, 0.25) is 0 Å². The highest BCUT2D eigenvalue weighted by molar-refractivity contribution is 5.67. The zero-order chi connectivity index (χ0) is 17.0. The fourth-order valence-corrected chi connectivity index (χ4v) is 2.09. The van der Waals surface area contributed by atoms with Gasteiger partial charge >= 0.3 is 6.36 Å². The van der Waals surface area contributed by atoms with Crippen molar-refractivity contribution in [1.29, 1.82) is 0 Å². The molecular formula is C17H17F3O3. The van der Waals surface area contributed by atoms with Crippen LogP contribution in [0.15, 0.2) is 42.5 Å². The minimum Gasteiger partial charge on any atom is -0.487 e. The molecule has 0 spiro atoms. The first kappa shape index (κ1) is 17.1. The largest absolute Gasteiger partial charge is 0.573 e. The van der Waals surface area contributed by atoms with Crippen LogP contribution in [0.4, 0.5) is 13.2 Å². The average Bonchev–Trinajstić information content (AvgIpc) is 2.47. The SMILES string of the molecule is CC(C)Oc1cc(-c2cccc(CO)c2)ccc1OC(F)(F)F. The van der Waals surface area contributed by atoms with Crippen molar-refractivity contribution >= 4 is 0 Å². The maximum absolute atomic E-state index is 12.5. The highest BCUT2D eigenvalue weighted by Gasteiger charge is 2.32. The van der Waals surface area contributed by atoms with Gasteiger partial charge in [0, 0.05) is 0 Å². The van der Waals surface area contributed by atoms with Crippen molar-refractivity contribution in [3.63, 3.8) is 0 Å². The summed E-state index contributed by atoms with van der Waals surface area (Å²) in [5.41, 5.74) is 2.15. The minimum absolute atomic E-state index is 0.0178. The number of aliphatic hydroxyl groups excluding tert-OH is 1. The summed E-state index contributed by atoms with van der Waals surface area (Å²) in [6.45, 7) is 3.32. The summed E-state index contributed by atoms with van der Waals surface area (Å²) in [6.07, 6.45) is -5.09. The molecule has 23 heavy (non-hydrogen) atoms. The first-order valence-corrected chi connectivity index (χ1v) is 7.05. The number of alkyl halides is 3. The Morgan fingerprint density at radius 3 is 2.30 bits per heavy atom. The average molecular weight is 326 g/mol. The summed E-state index contributed by atoms with van der Waals surface area (Å²) >= 11 is 0. The summed E-state index contributed by atoms with van der Waals surface area (Å²) < 4.78 is 46.9. The molecule has 0 saturated carbocycles. The maximum Gasteiger partial charge on any atom is 0.573 e. The standard InChI is InChI=1S/C17H17F3O3/c1-11(2)22-16-9-14(6-7-15(16)23-17(18,19)20)13-5-3-4-12(8-13)10-21/h3-9,11,21H,10H2,1-2H3. The van der Waals surface area contributed by atoms with Crippen LogP contribution in [0.3, 0.4) is 0 Å². The number of ether oxygens (including phenoxy) is 2. The Balaban J connectivity index is 2.42. The topological polar surface area (TPSA) is 38.7 Å². The Kier molecular flexibility index (Phi) is 5.15. The third-order valence-corrected chi connectivity index (χ3v) is 2.97. The highest BCUT2D eigenvalue weighted by atomic mass is 19.4. The van der Waals surface area contributed by atoms with E-state index >= 15 is 0 Å². The second kappa shape index (κ2) is 6.91. The van der Waals surface area contributed by atoms with E-state index in [1.165, 1.54) is 18.2 Å². The van der Waals surface area contributed by atoms with Gasteiger partial charge in [-0.2, -0.15) is 0 Å². The van der Waals surface area contributed by atoms with Crippen molar-refractivity contribution in [3.8, 4) is 22.6 Å². The minimum atomic E-state index is -4.78. The van der Waals surface area contributed by atoms with Gasteiger partial charge in [-0.05, 0) is 48.7 Å². The molecule has 0 heterocycles. The summed E-state index contributed by atoms with van der Waals surface area (Å²) in [5.74, 6) is -0.363. The van der Waals surface area contributed by atoms with Crippen LogP contribution in [-0.2, 0) is 6.61 Å². The first-order chi connectivity index (χ1) is 10.8. The van der Waals surface area contributed by atoms with Crippen molar-refractivity contribution in [3.05, 3.63) is 48.0 Å². The molecule has 2 aromatic rings. The Hall–Kier alpha value is -2.21. The second-order valence-electron chi connectivity index (χ2n) is 5.23. The van der Waals surface area contributed by atoms with Gasteiger partial charge < -0.3 is 14.6 Å². The smallest absolute Gasteiger partial charge is 0.487 e. The van der Waals surface area contributed by atoms with E-state index in [4.69, 9.17) is 4.74 Å². The van der Waals surface area contributed by atoms with Gasteiger partial charge in [0.15, 0.2) is 11.5 Å². The van der Waals surface area contributed by atoms with Gasteiger partial charge in [0.25, 0.3) is 0 Å². The Bertz CT molecular complexity index is 666. The van der Waals surface area contributed by atoms with Crippen molar-refractivity contribution in [2.24, 2.45) is 0 Å². The van der Waals surface area contributed by atoms with Crippen molar-refractivity contribution in [2.75, 3.05) is 0 Å². The molecule has 0 aromatic heterocycles. The number of hydrogen-bond acceptors (Lipinski definition) is 3. The van der Waals surface area contributed by atoms with Gasteiger partial charge in [-0.3, -0.25) is 0 Å². The molecule has 0 saturated heterocycles. The molecule has 0 bridgehead atoms. The summed E-state index contributed by atoms with van der Waals surface area (Å²) in [6, 6.07) is 11.3. The predicted octanol–water partition coefficient (Wildman–Crippen LogP) is 4.53. The number of halogens is 3. The van der Waals surface area contributed by atoms with E-state index in [2.05, 4.69) is 4.74 Å². The van der Waals surface area contributed by atoms with E-state index in [1.54, 1.807) is 38.1 Å². The molecule has 0 atom stereocenters. The first-order valence-electron chi connectivity index (χ1n) is 7.05. The van der Waals surface area contributed by atoms with E-state index < -0.39 is 6.36 Å². The number of aliphatic hydroxyl groups is 1. The molecule has 1 N–H and O–H groups in total. The van der Waals surface area contributed by atoms with Crippen LogP contribution in [0.1, 0.15) is 19.4 Å². The van der Waals surface area contributed by atoms with Gasteiger partial charge in [0.05, 0.1) is 12.7 Å². The lowest BCUT2D eigenvalue weighted by Gasteiger charge is -2.17. The predicted molar refractivity (Wildman–Crippen MR) is 80.2 cm³/mol. The fourth-order valence-electron chi connectivity index (χ4n) is 2.09. The van der Waals surface area contributed by atoms with E-state index in [9.17, 15) is 18.3 Å². The van der Waals surface area contributed by atoms with E-state index in [1.807, 2.05) is 0 Å². The lowest BCUT2D eigenvalue weighted by molar-refractivity contribution is -0.275. The second-order valence-corrected chi connectivity index (χ2v) is 5.23. The van der Waals surface area contributed by atoms with E-state index in [0.717, 1.165) is 5.56 Å². The van der Waals surface area contributed by atoms with Gasteiger partial charge in [-0.25, -0.2) is 0 Å². The van der Waals surface area contributed by atoms with Crippen LogP contribution in [0.25, 0.3) is 11.1 Å². The zero-order valence-corrected chi connectivity index (χ0v) is 12.7. The van der Waals surface area contributed by atoms with Crippen LogP contribution in [0, 0.1) is 0 Å². The lowest BCUT2D eigenvalue weighted by Crippen LogP contribution is -2.18. The summed E-state index contributed by atoms with van der Waals surface area (Å²) in [5, 5.41) is 9.18. The Labute approximate surface area is 132 Å². The Morgan fingerprint density at radius 1 is 1.00 bits per heavy atom. The molecule has 0 radical (unpaired) electrons. The zero-order valence-electron chi connectivity index (χ0n) is 12.7. The molecule has 2 rings (SSSR count). The van der Waals surface area contributed by atoms with Crippen molar-refractivity contribution in [2.45, 2.75) is 32.9 Å². The molecule has 0 aliphatic carbocycles. The van der Waals surface area contributed by atoms with Crippen LogP contribution >= 0.6 is 0 Å². The van der Waals surface area contributed by atoms with Gasteiger partial charge in [-0.1, -0.05) is 24.3 Å². The van der Waals surface area contributed by atoms with Crippen LogP contribution in [-0.4, -0.2) is 17.6 Å². The number of benzene rings is 2. The molecule has 124 valence electrons. The molecule has 3 nitrogen and oxygen atoms in total. The molecule has 0 aliphatic rings. The van der Waals surface area contributed by atoms with Crippen LogP contribution in [0.5, 0.6) is 11.5 Å². The maximum atomic E-state index is 12.5. The van der Waals surface area contributed by atoms with Crippen LogP contribution < -0.4 is 9.47 Å². The van der Waals surface area contributed by atoms with Gasteiger partial charge in [0.1, 0.15) is 0 Å². The third kappa shape index (κ3) is 4.89. The number of hydrogen-bond donors (Lipinski definition) is 1. The van der Waals surface area contributed by atoms with Gasteiger partial charge in [-0.15, -0.1) is 13.2 Å². The molecule has 0 aliphatic heterocycles. The third-order valence-electron chi connectivity index (χ3n) is 2.97. The van der Waals surface area contributed by atoms with E-state index in [-0.39, 0.29) is 24.2 Å². The number of rotatable bonds is 5. The van der Waals surface area contributed by atoms with Crippen molar-refractivity contribution < 1.29 is 27.8 Å². The summed E-state index contributed by atoms with van der Waals surface area (Å²) in [4.78, 5) is 0. The van der Waals surface area contributed by atoms with E-state index in [0.29, 0.717) is 11.1 Å². The normalized spacial score (nSPS) is 11.6. The molecule has 6 heteroatoms. The quantitative estimate of drug-likeness (QED) is 0.877. The highest BCUT2D eigenvalue weighted by Crippen LogP contribution is 2.36. The molecule has 0 unspecified atom stereocenters. The molecule has 0 fully saturated rings. The lowest BCUT2D eigenvalue weighted by atomic mass is 10.0. The molecule has 2 aromatic carbocycles.